The predicted molar refractivity (Wildman–Crippen MR) is 99.6 cm³/mol. The number of hydrogen-bond donors (Lipinski definition) is 2. The van der Waals surface area contributed by atoms with Gasteiger partial charge in [0.25, 0.3) is 0 Å². The van der Waals surface area contributed by atoms with E-state index >= 15 is 0 Å². The summed E-state index contributed by atoms with van der Waals surface area (Å²) >= 11 is 6.04. The lowest BCUT2D eigenvalue weighted by molar-refractivity contribution is -0.144. The molecule has 2 N–H and O–H groups in total. The monoisotopic (exact) mass is 389 g/mol. The normalized spacial score (nSPS) is 17.4. The molecule has 1 fully saturated rings. The number of fused-ring (bicyclic) bond motifs is 1. The minimum Gasteiger partial charge on any atom is -0.480 e. The molecule has 1 aromatic carbocycles. The zero-order valence-electron chi connectivity index (χ0n) is 14.9. The second-order valence-corrected chi connectivity index (χ2v) is 7.22. The summed E-state index contributed by atoms with van der Waals surface area (Å²) in [6, 6.07) is 4.77. The molecule has 0 unspecified atom stereocenters. The Labute approximate surface area is 160 Å². The summed E-state index contributed by atoms with van der Waals surface area (Å²) in [7, 11) is 0. The second-order valence-electron chi connectivity index (χ2n) is 6.78. The Kier molecular flexibility index (Phi) is 4.86. The molecule has 4 rings (SSSR count). The number of hydrogen-bond acceptors (Lipinski definition) is 6. The van der Waals surface area contributed by atoms with Crippen LogP contribution < -0.4 is 0 Å². The summed E-state index contributed by atoms with van der Waals surface area (Å²) in [5.74, 6) is -0.851. The second kappa shape index (κ2) is 7.30. The standard InChI is InChI=1S/C18H20ClN5O3/c1-11-16(22-27-21-11)10-23-4-6-24(7-5-23)17(18(25)26)14-9-20-15-8-12(19)2-3-13(14)15/h2-3,8-9,17,20H,4-7,10H2,1H3,(H,25,26)/t17-/m1/s1. The van der Waals surface area contributed by atoms with Gasteiger partial charge in [0.05, 0.1) is 0 Å². The Balaban J connectivity index is 1.50. The molecule has 3 heterocycles. The highest BCUT2D eigenvalue weighted by Crippen LogP contribution is 2.31. The van der Waals surface area contributed by atoms with Crippen LogP contribution in [0.25, 0.3) is 10.9 Å². The summed E-state index contributed by atoms with van der Waals surface area (Å²) < 4.78 is 4.75. The fourth-order valence-corrected chi connectivity index (χ4v) is 3.79. The summed E-state index contributed by atoms with van der Waals surface area (Å²) in [5.41, 5.74) is 3.22. The first-order chi connectivity index (χ1) is 13.0. The van der Waals surface area contributed by atoms with Gasteiger partial charge in [0.2, 0.25) is 0 Å². The van der Waals surface area contributed by atoms with E-state index in [0.29, 0.717) is 24.7 Å². The van der Waals surface area contributed by atoms with Gasteiger partial charge in [-0.2, -0.15) is 0 Å². The highest BCUT2D eigenvalue weighted by Gasteiger charge is 2.32. The maximum absolute atomic E-state index is 12.1. The summed E-state index contributed by atoms with van der Waals surface area (Å²) in [6.07, 6.45) is 1.77. The Morgan fingerprint density at radius 3 is 2.78 bits per heavy atom. The summed E-state index contributed by atoms with van der Waals surface area (Å²) in [4.78, 5) is 19.4. The van der Waals surface area contributed by atoms with Gasteiger partial charge in [-0.3, -0.25) is 14.6 Å². The third-order valence-electron chi connectivity index (χ3n) is 5.10. The molecule has 3 aromatic rings. The maximum Gasteiger partial charge on any atom is 0.325 e. The van der Waals surface area contributed by atoms with Gasteiger partial charge in [-0.1, -0.05) is 28.0 Å². The van der Waals surface area contributed by atoms with Gasteiger partial charge in [-0.05, 0) is 19.1 Å². The minimum absolute atomic E-state index is 0.619. The van der Waals surface area contributed by atoms with Crippen molar-refractivity contribution in [3.63, 3.8) is 0 Å². The Hall–Kier alpha value is -2.42. The lowest BCUT2D eigenvalue weighted by Gasteiger charge is -2.37. The topological polar surface area (TPSA) is 98.5 Å². The van der Waals surface area contributed by atoms with Crippen LogP contribution >= 0.6 is 11.6 Å². The van der Waals surface area contributed by atoms with Crippen molar-refractivity contribution in [3.8, 4) is 0 Å². The summed E-state index contributed by atoms with van der Waals surface area (Å²) in [6.45, 7) is 5.34. The number of aromatic nitrogens is 3. The maximum atomic E-state index is 12.1. The molecule has 8 nitrogen and oxygen atoms in total. The fourth-order valence-electron chi connectivity index (χ4n) is 3.62. The van der Waals surface area contributed by atoms with E-state index in [1.807, 2.05) is 24.0 Å². The number of aliphatic carboxylic acids is 1. The van der Waals surface area contributed by atoms with Crippen LogP contribution in [0, 0.1) is 6.92 Å². The van der Waals surface area contributed by atoms with Crippen molar-refractivity contribution >= 4 is 28.5 Å². The Bertz CT molecular complexity index is 961. The quantitative estimate of drug-likeness (QED) is 0.691. The highest BCUT2D eigenvalue weighted by atomic mass is 35.5. The molecule has 142 valence electrons. The van der Waals surface area contributed by atoms with Crippen molar-refractivity contribution in [1.82, 2.24) is 25.1 Å². The van der Waals surface area contributed by atoms with Crippen molar-refractivity contribution in [3.05, 3.63) is 46.4 Å². The number of rotatable bonds is 5. The van der Waals surface area contributed by atoms with E-state index in [0.717, 1.165) is 40.9 Å². The van der Waals surface area contributed by atoms with Crippen LogP contribution in [0.5, 0.6) is 0 Å². The number of carboxylic acid groups (broad SMARTS) is 1. The third-order valence-corrected chi connectivity index (χ3v) is 5.33. The molecular weight excluding hydrogens is 370 g/mol. The van der Waals surface area contributed by atoms with Crippen LogP contribution in [0.15, 0.2) is 29.0 Å². The molecule has 27 heavy (non-hydrogen) atoms. The van der Waals surface area contributed by atoms with Crippen molar-refractivity contribution in [1.29, 1.82) is 0 Å². The van der Waals surface area contributed by atoms with Crippen LogP contribution in [-0.2, 0) is 11.3 Å². The van der Waals surface area contributed by atoms with E-state index in [2.05, 4.69) is 20.2 Å². The molecule has 1 aliphatic rings. The molecule has 1 atom stereocenters. The van der Waals surface area contributed by atoms with Crippen molar-refractivity contribution in [2.45, 2.75) is 19.5 Å². The molecule has 0 amide bonds. The number of benzene rings is 1. The number of nitrogens with zero attached hydrogens (tertiary/aromatic N) is 4. The number of carbonyl (C=O) groups is 1. The lowest BCUT2D eigenvalue weighted by atomic mass is 10.0. The lowest BCUT2D eigenvalue weighted by Crippen LogP contribution is -2.48. The number of H-pyrrole nitrogens is 1. The van der Waals surface area contributed by atoms with Crippen LogP contribution in [-0.4, -0.2) is 62.4 Å². The van der Waals surface area contributed by atoms with E-state index < -0.39 is 12.0 Å². The average molecular weight is 390 g/mol. The zero-order valence-corrected chi connectivity index (χ0v) is 15.6. The first kappa shape index (κ1) is 18.0. The molecule has 0 saturated carbocycles. The van der Waals surface area contributed by atoms with E-state index in [9.17, 15) is 9.90 Å². The molecule has 9 heteroatoms. The van der Waals surface area contributed by atoms with E-state index in [1.54, 1.807) is 12.3 Å². The minimum atomic E-state index is -0.851. The molecule has 1 saturated heterocycles. The molecule has 0 aliphatic carbocycles. The van der Waals surface area contributed by atoms with Gasteiger partial charge < -0.3 is 10.1 Å². The van der Waals surface area contributed by atoms with Crippen molar-refractivity contribution in [2.75, 3.05) is 26.2 Å². The first-order valence-electron chi connectivity index (χ1n) is 8.76. The molecule has 2 aromatic heterocycles. The van der Waals surface area contributed by atoms with Crippen molar-refractivity contribution in [2.24, 2.45) is 0 Å². The number of halogens is 1. The number of carboxylic acids is 1. The fraction of sp³-hybridized carbons (Fsp3) is 0.389. The SMILES string of the molecule is Cc1nonc1CN1CCN([C@@H](C(=O)O)c2c[nH]c3cc(Cl)ccc23)CC1. The van der Waals surface area contributed by atoms with Gasteiger partial charge in [0.1, 0.15) is 17.4 Å². The van der Waals surface area contributed by atoms with Gasteiger partial charge >= 0.3 is 5.97 Å². The van der Waals surface area contributed by atoms with Gasteiger partial charge in [0, 0.05) is 60.4 Å². The van der Waals surface area contributed by atoms with Crippen LogP contribution in [0.1, 0.15) is 23.0 Å². The molecule has 0 bridgehead atoms. The molecular formula is C18H20ClN5O3. The zero-order chi connectivity index (χ0) is 19.0. The van der Waals surface area contributed by atoms with Crippen molar-refractivity contribution < 1.29 is 14.5 Å². The van der Waals surface area contributed by atoms with Crippen LogP contribution in [0.4, 0.5) is 0 Å². The Morgan fingerprint density at radius 2 is 2.11 bits per heavy atom. The smallest absolute Gasteiger partial charge is 0.325 e. The molecule has 0 spiro atoms. The first-order valence-corrected chi connectivity index (χ1v) is 9.14. The van der Waals surface area contributed by atoms with Gasteiger partial charge in [-0.25, -0.2) is 4.63 Å². The third kappa shape index (κ3) is 3.55. The Morgan fingerprint density at radius 1 is 1.33 bits per heavy atom. The van der Waals surface area contributed by atoms with Gasteiger partial charge in [0.15, 0.2) is 0 Å². The van der Waals surface area contributed by atoms with Gasteiger partial charge in [-0.15, -0.1) is 0 Å². The van der Waals surface area contributed by atoms with E-state index in [-0.39, 0.29) is 0 Å². The number of aryl methyl sites for hydroxylation is 1. The largest absolute Gasteiger partial charge is 0.480 e. The molecule has 1 aliphatic heterocycles. The predicted octanol–water partition coefficient (Wildman–Crippen LogP) is 2.46. The van der Waals surface area contributed by atoms with E-state index in [4.69, 9.17) is 16.2 Å². The highest BCUT2D eigenvalue weighted by molar-refractivity contribution is 6.31. The molecule has 0 radical (unpaired) electrons. The van der Waals surface area contributed by atoms with Crippen LogP contribution in [0.2, 0.25) is 5.02 Å². The number of piperazine rings is 1. The van der Waals surface area contributed by atoms with Crippen LogP contribution in [0.3, 0.4) is 0 Å². The number of nitrogens with one attached hydrogen (secondary N) is 1. The van der Waals surface area contributed by atoms with E-state index in [1.165, 1.54) is 0 Å². The number of aromatic amines is 1. The summed E-state index contributed by atoms with van der Waals surface area (Å²) in [5, 5.41) is 19.1. The average Bonchev–Trinajstić information content (AvgIpc) is 3.23.